The first kappa shape index (κ1) is 17.2. The number of nitrogens with zero attached hydrogens (tertiary/aromatic N) is 2. The van der Waals surface area contributed by atoms with E-state index in [9.17, 15) is 29.9 Å². The molecule has 8 heteroatoms. The van der Waals surface area contributed by atoms with Crippen LogP contribution in [0.2, 0.25) is 0 Å². The van der Waals surface area contributed by atoms with Crippen molar-refractivity contribution >= 4 is 23.1 Å². The number of ketones is 1. The minimum atomic E-state index is -1.01. The lowest BCUT2D eigenvalue weighted by atomic mass is 9.96. The number of anilines is 1. The molecule has 0 radical (unpaired) electrons. The Morgan fingerprint density at radius 2 is 1.81 bits per heavy atom. The third-order valence-corrected chi connectivity index (χ3v) is 4.11. The van der Waals surface area contributed by atoms with Crippen LogP contribution in [0.25, 0.3) is 0 Å². The number of hydrogen-bond acceptors (Lipinski definition) is 6. The standard InChI is InChI=1S/C18H14N2O6/c1-10(21)15-16(11-3-2-4-13(9-11)20(25)26)19(18(24)17(15)23)12-5-7-14(22)8-6-12/h2-9,16,22-23H,1H3/t16-/m1/s1. The minimum absolute atomic E-state index is 0.0173. The van der Waals surface area contributed by atoms with Crippen molar-refractivity contribution in [1.82, 2.24) is 0 Å². The van der Waals surface area contributed by atoms with Crippen LogP contribution in [-0.4, -0.2) is 26.8 Å². The fourth-order valence-electron chi connectivity index (χ4n) is 2.97. The number of nitro groups is 1. The van der Waals surface area contributed by atoms with Crippen LogP contribution in [0.4, 0.5) is 11.4 Å². The summed E-state index contributed by atoms with van der Waals surface area (Å²) in [5.41, 5.74) is 0.306. The van der Waals surface area contributed by atoms with Gasteiger partial charge in [0.15, 0.2) is 11.5 Å². The molecule has 2 aromatic rings. The summed E-state index contributed by atoms with van der Waals surface area (Å²) in [6, 6.07) is 10.1. The van der Waals surface area contributed by atoms with Gasteiger partial charge >= 0.3 is 0 Å². The summed E-state index contributed by atoms with van der Waals surface area (Å²) in [5.74, 6) is -2.02. The average Bonchev–Trinajstić information content (AvgIpc) is 2.87. The fraction of sp³-hybridized carbons (Fsp3) is 0.111. The third kappa shape index (κ3) is 2.77. The Bertz CT molecular complexity index is 948. The van der Waals surface area contributed by atoms with Gasteiger partial charge in [-0.2, -0.15) is 0 Å². The van der Waals surface area contributed by atoms with Crippen LogP contribution < -0.4 is 4.90 Å². The maximum absolute atomic E-state index is 12.6. The van der Waals surface area contributed by atoms with E-state index in [0.717, 1.165) is 0 Å². The molecule has 2 aromatic carbocycles. The minimum Gasteiger partial charge on any atom is -0.508 e. The predicted molar refractivity (Wildman–Crippen MR) is 91.8 cm³/mol. The smallest absolute Gasteiger partial charge is 0.294 e. The molecular formula is C18H14N2O6. The van der Waals surface area contributed by atoms with Crippen molar-refractivity contribution in [3.05, 3.63) is 75.5 Å². The number of aliphatic hydroxyl groups is 1. The van der Waals surface area contributed by atoms with Crippen LogP contribution >= 0.6 is 0 Å². The number of nitro benzene ring substituents is 1. The lowest BCUT2D eigenvalue weighted by Gasteiger charge is -2.26. The van der Waals surface area contributed by atoms with Crippen molar-refractivity contribution in [3.8, 4) is 5.75 Å². The van der Waals surface area contributed by atoms with Gasteiger partial charge in [-0.1, -0.05) is 12.1 Å². The van der Waals surface area contributed by atoms with Crippen LogP contribution in [0.1, 0.15) is 18.5 Å². The molecule has 0 saturated heterocycles. The second kappa shape index (κ2) is 6.32. The molecule has 0 aliphatic carbocycles. The molecule has 0 aromatic heterocycles. The predicted octanol–water partition coefficient (Wildman–Crippen LogP) is 2.79. The number of carbonyl (C=O) groups is 2. The molecule has 1 atom stereocenters. The van der Waals surface area contributed by atoms with Gasteiger partial charge in [-0.3, -0.25) is 24.6 Å². The number of hydrogen-bond donors (Lipinski definition) is 2. The highest BCUT2D eigenvalue weighted by atomic mass is 16.6. The van der Waals surface area contributed by atoms with Gasteiger partial charge in [0.1, 0.15) is 5.75 Å². The highest BCUT2D eigenvalue weighted by molar-refractivity contribution is 6.16. The van der Waals surface area contributed by atoms with Crippen LogP contribution in [0.3, 0.4) is 0 Å². The highest BCUT2D eigenvalue weighted by Gasteiger charge is 2.43. The molecule has 0 bridgehead atoms. The largest absolute Gasteiger partial charge is 0.508 e. The Kier molecular flexibility index (Phi) is 4.17. The molecule has 132 valence electrons. The summed E-state index contributed by atoms with van der Waals surface area (Å²) in [6.07, 6.45) is 0. The van der Waals surface area contributed by atoms with E-state index in [1.807, 2.05) is 0 Å². The first-order chi connectivity index (χ1) is 12.3. The van der Waals surface area contributed by atoms with E-state index in [0.29, 0.717) is 11.3 Å². The number of phenolic OH excluding ortho intramolecular Hbond substituents is 1. The summed E-state index contributed by atoms with van der Waals surface area (Å²) >= 11 is 0. The SMILES string of the molecule is CC(=O)C1=C(O)C(=O)N(c2ccc(O)cc2)[C@@H]1c1cccc([N+](=O)[O-])c1. The summed E-state index contributed by atoms with van der Waals surface area (Å²) in [5, 5.41) is 30.7. The van der Waals surface area contributed by atoms with Crippen LogP contribution in [0.15, 0.2) is 59.9 Å². The van der Waals surface area contributed by atoms with E-state index in [-0.39, 0.29) is 17.0 Å². The van der Waals surface area contributed by atoms with E-state index in [1.165, 1.54) is 54.3 Å². The zero-order chi connectivity index (χ0) is 19.0. The van der Waals surface area contributed by atoms with Gasteiger partial charge in [0.2, 0.25) is 0 Å². The summed E-state index contributed by atoms with van der Waals surface area (Å²) in [7, 11) is 0. The Labute approximate surface area is 147 Å². The molecule has 0 spiro atoms. The zero-order valence-corrected chi connectivity index (χ0v) is 13.6. The summed E-state index contributed by atoms with van der Waals surface area (Å²) < 4.78 is 0. The topological polar surface area (TPSA) is 121 Å². The highest BCUT2D eigenvalue weighted by Crippen LogP contribution is 2.41. The molecule has 1 heterocycles. The number of phenols is 1. The average molecular weight is 354 g/mol. The van der Waals surface area contributed by atoms with E-state index in [4.69, 9.17) is 0 Å². The molecule has 0 unspecified atom stereocenters. The van der Waals surface area contributed by atoms with E-state index < -0.39 is 28.4 Å². The van der Waals surface area contributed by atoms with E-state index in [1.54, 1.807) is 6.07 Å². The van der Waals surface area contributed by atoms with Crippen molar-refractivity contribution in [3.63, 3.8) is 0 Å². The van der Waals surface area contributed by atoms with Crippen molar-refractivity contribution in [1.29, 1.82) is 0 Å². The third-order valence-electron chi connectivity index (χ3n) is 4.11. The van der Waals surface area contributed by atoms with Gasteiger partial charge in [0, 0.05) is 17.8 Å². The number of rotatable bonds is 4. The van der Waals surface area contributed by atoms with Gasteiger partial charge in [-0.15, -0.1) is 0 Å². The maximum atomic E-state index is 12.6. The first-order valence-corrected chi connectivity index (χ1v) is 7.62. The fourth-order valence-corrected chi connectivity index (χ4v) is 2.97. The Hall–Kier alpha value is -3.68. The zero-order valence-electron chi connectivity index (χ0n) is 13.6. The molecule has 2 N–H and O–H groups in total. The molecule has 3 rings (SSSR count). The van der Waals surface area contributed by atoms with Gasteiger partial charge in [0.05, 0.1) is 16.5 Å². The van der Waals surface area contributed by atoms with Gasteiger partial charge in [-0.25, -0.2) is 0 Å². The number of aliphatic hydroxyl groups excluding tert-OH is 1. The lowest BCUT2D eigenvalue weighted by molar-refractivity contribution is -0.384. The van der Waals surface area contributed by atoms with E-state index in [2.05, 4.69) is 0 Å². The van der Waals surface area contributed by atoms with Gasteiger partial charge in [-0.05, 0) is 36.8 Å². The number of carbonyl (C=O) groups excluding carboxylic acids is 2. The number of non-ortho nitro benzene ring substituents is 1. The number of amides is 1. The van der Waals surface area contributed by atoms with Gasteiger partial charge in [0.25, 0.3) is 11.6 Å². The molecule has 0 saturated carbocycles. The normalized spacial score (nSPS) is 16.9. The number of benzene rings is 2. The van der Waals surface area contributed by atoms with Crippen molar-refractivity contribution in [2.24, 2.45) is 0 Å². The quantitative estimate of drug-likeness (QED) is 0.643. The van der Waals surface area contributed by atoms with Crippen molar-refractivity contribution < 1.29 is 24.7 Å². The molecule has 0 fully saturated rings. The number of Topliss-reactive ketones (excluding diaryl/α,β-unsaturated/α-hetero) is 1. The molecule has 8 nitrogen and oxygen atoms in total. The summed E-state index contributed by atoms with van der Waals surface area (Å²) in [6.45, 7) is 1.21. The molecule has 26 heavy (non-hydrogen) atoms. The van der Waals surface area contributed by atoms with Crippen molar-refractivity contribution in [2.75, 3.05) is 4.90 Å². The second-order valence-corrected chi connectivity index (χ2v) is 5.76. The Morgan fingerprint density at radius 1 is 1.15 bits per heavy atom. The maximum Gasteiger partial charge on any atom is 0.294 e. The second-order valence-electron chi connectivity index (χ2n) is 5.76. The van der Waals surface area contributed by atoms with Crippen molar-refractivity contribution in [2.45, 2.75) is 13.0 Å². The van der Waals surface area contributed by atoms with E-state index >= 15 is 0 Å². The lowest BCUT2D eigenvalue weighted by Crippen LogP contribution is -2.30. The first-order valence-electron chi connectivity index (χ1n) is 7.62. The monoisotopic (exact) mass is 354 g/mol. The Morgan fingerprint density at radius 3 is 2.38 bits per heavy atom. The molecule has 1 aliphatic heterocycles. The molecule has 1 amide bonds. The van der Waals surface area contributed by atoms with Crippen LogP contribution in [0, 0.1) is 10.1 Å². The van der Waals surface area contributed by atoms with Crippen LogP contribution in [0.5, 0.6) is 5.75 Å². The Balaban J connectivity index is 2.19. The molecule has 1 aliphatic rings. The number of aromatic hydroxyl groups is 1. The van der Waals surface area contributed by atoms with Crippen LogP contribution in [-0.2, 0) is 9.59 Å². The molecular weight excluding hydrogens is 340 g/mol. The summed E-state index contributed by atoms with van der Waals surface area (Å²) in [4.78, 5) is 36.3. The van der Waals surface area contributed by atoms with Gasteiger partial charge < -0.3 is 10.2 Å².